The van der Waals surface area contributed by atoms with Crippen LogP contribution in [0.15, 0.2) is 0 Å². The predicted molar refractivity (Wildman–Crippen MR) is 59.3 cm³/mol. The number of carbonyl (C=O) groups excluding carboxylic acids is 1. The second kappa shape index (κ2) is 5.72. The highest BCUT2D eigenvalue weighted by Crippen LogP contribution is 2.14. The van der Waals surface area contributed by atoms with E-state index in [4.69, 9.17) is 4.74 Å². The number of ether oxygens (including phenoxy) is 1. The van der Waals surface area contributed by atoms with E-state index in [2.05, 4.69) is 27.5 Å². The maximum Gasteiger partial charge on any atom is 0.295 e. The highest BCUT2D eigenvalue weighted by atomic mass is 16.5. The molecule has 1 atom stereocenters. The van der Waals surface area contributed by atoms with E-state index in [0.717, 1.165) is 32.4 Å². The summed E-state index contributed by atoms with van der Waals surface area (Å²) in [6.07, 6.45) is 3.10. The SMILES string of the molecule is CCCOC1CCCN(C(=O)c2nn[nH]n2)C1. The number of aromatic nitrogens is 4. The van der Waals surface area contributed by atoms with E-state index in [1.807, 2.05) is 0 Å². The molecule has 1 aliphatic heterocycles. The number of likely N-dealkylation sites (tertiary alicyclic amines) is 1. The van der Waals surface area contributed by atoms with Gasteiger partial charge in [-0.2, -0.15) is 5.21 Å². The first-order valence-corrected chi connectivity index (χ1v) is 5.95. The van der Waals surface area contributed by atoms with E-state index in [0.29, 0.717) is 6.54 Å². The summed E-state index contributed by atoms with van der Waals surface area (Å²) in [4.78, 5) is 13.7. The fourth-order valence-corrected chi connectivity index (χ4v) is 1.94. The number of nitrogens with one attached hydrogen (secondary N) is 1. The molecular formula is C10H17N5O2. The van der Waals surface area contributed by atoms with Crippen LogP contribution in [-0.2, 0) is 4.74 Å². The lowest BCUT2D eigenvalue weighted by atomic mass is 10.1. The minimum Gasteiger partial charge on any atom is -0.376 e. The Morgan fingerprint density at radius 2 is 2.53 bits per heavy atom. The number of piperidine rings is 1. The molecule has 0 bridgehead atoms. The Kier molecular flexibility index (Phi) is 4.03. The van der Waals surface area contributed by atoms with Crippen LogP contribution in [0.2, 0.25) is 0 Å². The maximum atomic E-state index is 12.0. The number of amides is 1. The third-order valence-electron chi connectivity index (χ3n) is 2.76. The summed E-state index contributed by atoms with van der Waals surface area (Å²) in [5.41, 5.74) is 0. The monoisotopic (exact) mass is 239 g/mol. The van der Waals surface area contributed by atoms with Gasteiger partial charge in [-0.3, -0.25) is 4.79 Å². The van der Waals surface area contributed by atoms with Gasteiger partial charge in [0, 0.05) is 19.7 Å². The van der Waals surface area contributed by atoms with E-state index >= 15 is 0 Å². The van der Waals surface area contributed by atoms with Gasteiger partial charge in [0.05, 0.1) is 6.10 Å². The van der Waals surface area contributed by atoms with Gasteiger partial charge >= 0.3 is 0 Å². The van der Waals surface area contributed by atoms with E-state index in [9.17, 15) is 4.79 Å². The molecule has 0 aromatic carbocycles. The molecule has 0 spiro atoms. The molecule has 2 rings (SSSR count). The molecule has 0 radical (unpaired) electrons. The molecule has 7 heteroatoms. The summed E-state index contributed by atoms with van der Waals surface area (Å²) in [5.74, 6) is -0.0512. The largest absolute Gasteiger partial charge is 0.376 e. The number of hydrogen-bond acceptors (Lipinski definition) is 5. The number of H-pyrrole nitrogens is 1. The molecule has 7 nitrogen and oxygen atoms in total. The molecule has 17 heavy (non-hydrogen) atoms. The van der Waals surface area contributed by atoms with Gasteiger partial charge in [-0.25, -0.2) is 0 Å². The quantitative estimate of drug-likeness (QED) is 0.813. The molecular weight excluding hydrogens is 222 g/mol. The maximum absolute atomic E-state index is 12.0. The zero-order chi connectivity index (χ0) is 12.1. The normalized spacial score (nSPS) is 20.5. The standard InChI is InChI=1S/C10H17N5O2/c1-2-6-17-8-4-3-5-15(7-8)10(16)9-11-13-14-12-9/h8H,2-7H2,1H3,(H,11,12,13,14). The second-order valence-electron chi connectivity index (χ2n) is 4.12. The van der Waals surface area contributed by atoms with Gasteiger partial charge in [0.15, 0.2) is 0 Å². The van der Waals surface area contributed by atoms with Gasteiger partial charge in [-0.05, 0) is 24.5 Å². The molecule has 1 aromatic rings. The number of carbonyl (C=O) groups is 1. The van der Waals surface area contributed by atoms with Crippen molar-refractivity contribution in [3.63, 3.8) is 0 Å². The molecule has 1 aromatic heterocycles. The van der Waals surface area contributed by atoms with Gasteiger partial charge < -0.3 is 9.64 Å². The van der Waals surface area contributed by atoms with Gasteiger partial charge in [-0.1, -0.05) is 6.92 Å². The van der Waals surface area contributed by atoms with Gasteiger partial charge in [-0.15, -0.1) is 10.2 Å². The molecule has 1 N–H and O–H groups in total. The second-order valence-corrected chi connectivity index (χ2v) is 4.12. The molecule has 1 amide bonds. The van der Waals surface area contributed by atoms with Gasteiger partial charge in [0.25, 0.3) is 11.7 Å². The minimum atomic E-state index is -0.177. The Morgan fingerprint density at radius 3 is 3.24 bits per heavy atom. The average Bonchev–Trinajstić information content (AvgIpc) is 2.89. The molecule has 1 saturated heterocycles. The summed E-state index contributed by atoms with van der Waals surface area (Å²) in [7, 11) is 0. The fourth-order valence-electron chi connectivity index (χ4n) is 1.94. The first kappa shape index (κ1) is 12.0. The smallest absolute Gasteiger partial charge is 0.295 e. The topological polar surface area (TPSA) is 84.0 Å². The van der Waals surface area contributed by atoms with Crippen molar-refractivity contribution in [3.8, 4) is 0 Å². The number of aromatic amines is 1. The highest BCUT2D eigenvalue weighted by Gasteiger charge is 2.26. The number of hydrogen-bond donors (Lipinski definition) is 1. The van der Waals surface area contributed by atoms with Crippen molar-refractivity contribution < 1.29 is 9.53 Å². The lowest BCUT2D eigenvalue weighted by Crippen LogP contribution is -2.43. The number of tetrazole rings is 1. The first-order valence-electron chi connectivity index (χ1n) is 5.95. The fraction of sp³-hybridized carbons (Fsp3) is 0.800. The Hall–Kier alpha value is -1.50. The molecule has 0 aliphatic carbocycles. The molecule has 1 fully saturated rings. The molecule has 0 saturated carbocycles. The Bertz CT molecular complexity index is 354. The number of rotatable bonds is 4. The van der Waals surface area contributed by atoms with E-state index in [1.54, 1.807) is 4.90 Å². The van der Waals surface area contributed by atoms with Gasteiger partial charge in [0.2, 0.25) is 0 Å². The van der Waals surface area contributed by atoms with Crippen molar-refractivity contribution >= 4 is 5.91 Å². The van der Waals surface area contributed by atoms with Crippen molar-refractivity contribution in [2.45, 2.75) is 32.3 Å². The van der Waals surface area contributed by atoms with Crippen LogP contribution in [-0.4, -0.2) is 57.2 Å². The van der Waals surface area contributed by atoms with Crippen molar-refractivity contribution in [2.24, 2.45) is 0 Å². The third kappa shape index (κ3) is 3.00. The summed E-state index contributed by atoms with van der Waals surface area (Å²) >= 11 is 0. The molecule has 94 valence electrons. The molecule has 2 heterocycles. The van der Waals surface area contributed by atoms with Crippen LogP contribution in [0.4, 0.5) is 0 Å². The first-order chi connectivity index (χ1) is 8.31. The van der Waals surface area contributed by atoms with Crippen molar-refractivity contribution in [1.82, 2.24) is 25.5 Å². The zero-order valence-electron chi connectivity index (χ0n) is 9.93. The zero-order valence-corrected chi connectivity index (χ0v) is 9.93. The van der Waals surface area contributed by atoms with Crippen LogP contribution in [0.5, 0.6) is 0 Å². The van der Waals surface area contributed by atoms with Crippen molar-refractivity contribution in [1.29, 1.82) is 0 Å². The van der Waals surface area contributed by atoms with Crippen molar-refractivity contribution in [3.05, 3.63) is 5.82 Å². The number of nitrogens with zero attached hydrogens (tertiary/aromatic N) is 4. The molecule has 1 unspecified atom stereocenters. The van der Waals surface area contributed by atoms with E-state index in [1.165, 1.54) is 0 Å². The highest BCUT2D eigenvalue weighted by molar-refractivity contribution is 5.90. The Morgan fingerprint density at radius 1 is 1.65 bits per heavy atom. The average molecular weight is 239 g/mol. The summed E-state index contributed by atoms with van der Waals surface area (Å²) in [6, 6.07) is 0. The van der Waals surface area contributed by atoms with Crippen LogP contribution < -0.4 is 0 Å². The van der Waals surface area contributed by atoms with Crippen LogP contribution in [0, 0.1) is 0 Å². The third-order valence-corrected chi connectivity index (χ3v) is 2.76. The summed E-state index contributed by atoms with van der Waals surface area (Å²) in [5, 5.41) is 13.1. The lowest BCUT2D eigenvalue weighted by Gasteiger charge is -2.31. The predicted octanol–water partition coefficient (Wildman–Crippen LogP) is 0.231. The van der Waals surface area contributed by atoms with Crippen molar-refractivity contribution in [2.75, 3.05) is 19.7 Å². The van der Waals surface area contributed by atoms with E-state index in [-0.39, 0.29) is 17.8 Å². The van der Waals surface area contributed by atoms with Gasteiger partial charge in [0.1, 0.15) is 0 Å². The van der Waals surface area contributed by atoms with E-state index < -0.39 is 0 Å². The lowest BCUT2D eigenvalue weighted by molar-refractivity contribution is 0.00172. The van der Waals surface area contributed by atoms with Crippen LogP contribution in [0.3, 0.4) is 0 Å². The Labute approximate surface area is 99.5 Å². The van der Waals surface area contributed by atoms with Crippen LogP contribution in [0.1, 0.15) is 36.8 Å². The summed E-state index contributed by atoms with van der Waals surface area (Å²) in [6.45, 7) is 4.17. The summed E-state index contributed by atoms with van der Waals surface area (Å²) < 4.78 is 5.67. The van der Waals surface area contributed by atoms with Crippen LogP contribution >= 0.6 is 0 Å². The Balaban J connectivity index is 1.90. The molecule has 1 aliphatic rings. The minimum absolute atomic E-state index is 0.126. The van der Waals surface area contributed by atoms with Crippen LogP contribution in [0.25, 0.3) is 0 Å².